The third-order valence-corrected chi connectivity index (χ3v) is 1.36. The van der Waals surface area contributed by atoms with E-state index >= 15 is 0 Å². The van der Waals surface area contributed by atoms with E-state index in [0.29, 0.717) is 0 Å². The summed E-state index contributed by atoms with van der Waals surface area (Å²) in [5.74, 6) is 0. The molecular formula is C13H24. The molecule has 0 saturated heterocycles. The molecule has 0 unspecified atom stereocenters. The largest absolute Gasteiger partial charge is 0.0961 e. The van der Waals surface area contributed by atoms with Gasteiger partial charge in [0.1, 0.15) is 0 Å². The summed E-state index contributed by atoms with van der Waals surface area (Å²) in [7, 11) is 0. The maximum absolute atomic E-state index is 3.78. The van der Waals surface area contributed by atoms with Crippen molar-refractivity contribution in [1.82, 2.24) is 0 Å². The molecule has 76 valence electrons. The summed E-state index contributed by atoms with van der Waals surface area (Å²) < 4.78 is 0. The molecule has 0 spiro atoms. The van der Waals surface area contributed by atoms with E-state index in [1.165, 1.54) is 12.0 Å². The van der Waals surface area contributed by atoms with Crippen LogP contribution in [0, 0.1) is 0 Å². The van der Waals surface area contributed by atoms with E-state index in [1.54, 1.807) is 0 Å². The molecule has 0 aliphatic rings. The van der Waals surface area contributed by atoms with Gasteiger partial charge in [-0.05, 0) is 20.3 Å². The lowest BCUT2D eigenvalue weighted by molar-refractivity contribution is 1.09. The maximum atomic E-state index is 3.78. The Morgan fingerprint density at radius 1 is 1.15 bits per heavy atom. The zero-order valence-corrected chi connectivity index (χ0v) is 9.85. The van der Waals surface area contributed by atoms with Crippen molar-refractivity contribution in [2.24, 2.45) is 0 Å². The van der Waals surface area contributed by atoms with Crippen LogP contribution in [0.15, 0.2) is 36.0 Å². The van der Waals surface area contributed by atoms with Gasteiger partial charge >= 0.3 is 0 Å². The molecule has 0 nitrogen and oxygen atoms in total. The Labute approximate surface area is 84.1 Å². The molecular weight excluding hydrogens is 156 g/mol. The molecule has 0 aromatic heterocycles. The summed E-state index contributed by atoms with van der Waals surface area (Å²) in [4.78, 5) is 0. The molecule has 0 fully saturated rings. The second-order valence-corrected chi connectivity index (χ2v) is 3.10. The molecule has 0 bridgehead atoms. The van der Waals surface area contributed by atoms with Crippen molar-refractivity contribution in [3.63, 3.8) is 0 Å². The van der Waals surface area contributed by atoms with Gasteiger partial charge < -0.3 is 0 Å². The fraction of sp³-hybridized carbons (Fsp3) is 0.538. The zero-order valence-electron chi connectivity index (χ0n) is 9.85. The molecule has 0 aromatic carbocycles. The van der Waals surface area contributed by atoms with Crippen LogP contribution in [0.5, 0.6) is 0 Å². The second kappa shape index (κ2) is 11.2. The van der Waals surface area contributed by atoms with E-state index in [9.17, 15) is 0 Å². The van der Waals surface area contributed by atoms with Crippen LogP contribution < -0.4 is 0 Å². The Morgan fingerprint density at radius 2 is 1.62 bits per heavy atom. The molecule has 0 aliphatic carbocycles. The monoisotopic (exact) mass is 180 g/mol. The molecule has 0 aliphatic heterocycles. The van der Waals surface area contributed by atoms with Crippen LogP contribution in [0.2, 0.25) is 0 Å². The minimum atomic E-state index is 1.10. The third-order valence-electron chi connectivity index (χ3n) is 1.36. The molecule has 0 amide bonds. The van der Waals surface area contributed by atoms with Crippen molar-refractivity contribution < 1.29 is 0 Å². The molecule has 0 heteroatoms. The van der Waals surface area contributed by atoms with Crippen molar-refractivity contribution in [2.45, 2.75) is 47.5 Å². The van der Waals surface area contributed by atoms with E-state index in [4.69, 9.17) is 0 Å². The molecule has 0 N–H and O–H groups in total. The predicted molar refractivity (Wildman–Crippen MR) is 64.0 cm³/mol. The number of hydrogen-bond acceptors (Lipinski definition) is 0. The van der Waals surface area contributed by atoms with Gasteiger partial charge in [0.05, 0.1) is 0 Å². The van der Waals surface area contributed by atoms with Gasteiger partial charge in [-0.1, -0.05) is 63.1 Å². The van der Waals surface area contributed by atoms with E-state index in [0.717, 1.165) is 12.0 Å². The number of allylic oxidation sites excluding steroid dienone is 5. The highest BCUT2D eigenvalue weighted by molar-refractivity contribution is 5.24. The zero-order chi connectivity index (χ0) is 10.7. The van der Waals surface area contributed by atoms with Gasteiger partial charge in [-0.25, -0.2) is 0 Å². The Balaban J connectivity index is 0. The van der Waals surface area contributed by atoms with Gasteiger partial charge in [0.15, 0.2) is 0 Å². The molecule has 0 radical (unpaired) electrons. The molecule has 13 heavy (non-hydrogen) atoms. The van der Waals surface area contributed by atoms with Gasteiger partial charge in [-0.2, -0.15) is 0 Å². The Morgan fingerprint density at radius 3 is 1.85 bits per heavy atom. The van der Waals surface area contributed by atoms with Crippen LogP contribution in [-0.2, 0) is 0 Å². The van der Waals surface area contributed by atoms with E-state index < -0.39 is 0 Å². The summed E-state index contributed by atoms with van der Waals surface area (Å²) in [6.45, 7) is 14.2. The highest BCUT2D eigenvalue weighted by Gasteiger charge is 1.82. The Bertz CT molecular complexity index is 170. The standard InChI is InChI=1S/C10H16.C3H8/c1-5-10(6-2)8-7-9(3)4;1-3-2/h5,7-8H,3,6H2,1-2,4H3;3H2,1-2H3/b8-7-,10-5-;. The number of rotatable bonds is 3. The normalized spacial score (nSPS) is 11.0. The van der Waals surface area contributed by atoms with Crippen molar-refractivity contribution in [2.75, 3.05) is 0 Å². The molecule has 0 saturated carbocycles. The SMILES string of the molecule is C=C(C)/C=C\C(=C/C)CC.CCC. The molecule has 0 rings (SSSR count). The van der Waals surface area contributed by atoms with Crippen molar-refractivity contribution in [3.8, 4) is 0 Å². The van der Waals surface area contributed by atoms with Gasteiger partial charge in [0, 0.05) is 0 Å². The highest BCUT2D eigenvalue weighted by Crippen LogP contribution is 2.03. The third kappa shape index (κ3) is 14.1. The average molecular weight is 180 g/mol. The van der Waals surface area contributed by atoms with Crippen molar-refractivity contribution in [3.05, 3.63) is 36.0 Å². The van der Waals surface area contributed by atoms with Gasteiger partial charge in [0.25, 0.3) is 0 Å². The minimum absolute atomic E-state index is 1.10. The maximum Gasteiger partial charge on any atom is -0.0311 e. The highest BCUT2D eigenvalue weighted by atomic mass is 13.9. The van der Waals surface area contributed by atoms with Crippen molar-refractivity contribution >= 4 is 0 Å². The minimum Gasteiger partial charge on any atom is -0.0961 e. The van der Waals surface area contributed by atoms with E-state index in [2.05, 4.69) is 46.4 Å². The average Bonchev–Trinajstić information content (AvgIpc) is 2.07. The first-order valence-corrected chi connectivity index (χ1v) is 5.11. The van der Waals surface area contributed by atoms with Crippen LogP contribution in [0.25, 0.3) is 0 Å². The summed E-state index contributed by atoms with van der Waals surface area (Å²) in [6, 6.07) is 0. The first-order chi connectivity index (χ1) is 6.12. The lowest BCUT2D eigenvalue weighted by Gasteiger charge is -1.92. The second-order valence-electron chi connectivity index (χ2n) is 3.10. The summed E-state index contributed by atoms with van der Waals surface area (Å²) in [6.07, 6.45) is 8.63. The Hall–Kier alpha value is -0.780. The van der Waals surface area contributed by atoms with Gasteiger partial charge in [-0.3, -0.25) is 0 Å². The summed E-state index contributed by atoms with van der Waals surface area (Å²) in [5, 5.41) is 0. The van der Waals surface area contributed by atoms with E-state index in [1.807, 2.05) is 13.0 Å². The lowest BCUT2D eigenvalue weighted by Crippen LogP contribution is -1.72. The summed E-state index contributed by atoms with van der Waals surface area (Å²) in [5.41, 5.74) is 2.47. The van der Waals surface area contributed by atoms with Crippen LogP contribution >= 0.6 is 0 Å². The number of hydrogen-bond donors (Lipinski definition) is 0. The van der Waals surface area contributed by atoms with Gasteiger partial charge in [-0.15, -0.1) is 0 Å². The summed E-state index contributed by atoms with van der Waals surface area (Å²) >= 11 is 0. The van der Waals surface area contributed by atoms with Crippen molar-refractivity contribution in [1.29, 1.82) is 0 Å². The topological polar surface area (TPSA) is 0 Å². The van der Waals surface area contributed by atoms with Gasteiger partial charge in [0.2, 0.25) is 0 Å². The Kier molecular flexibility index (Phi) is 12.7. The first-order valence-electron chi connectivity index (χ1n) is 5.11. The molecule has 0 aromatic rings. The predicted octanol–water partition coefficient (Wildman–Crippen LogP) is 4.89. The lowest BCUT2D eigenvalue weighted by atomic mass is 10.1. The van der Waals surface area contributed by atoms with E-state index in [-0.39, 0.29) is 0 Å². The fourth-order valence-electron chi connectivity index (χ4n) is 0.667. The quantitative estimate of drug-likeness (QED) is 0.542. The molecule has 0 atom stereocenters. The van der Waals surface area contributed by atoms with Crippen LogP contribution in [-0.4, -0.2) is 0 Å². The first kappa shape index (κ1) is 14.7. The van der Waals surface area contributed by atoms with Crippen LogP contribution in [0.1, 0.15) is 47.5 Å². The fourth-order valence-corrected chi connectivity index (χ4v) is 0.667. The molecule has 0 heterocycles. The van der Waals surface area contributed by atoms with Crippen LogP contribution in [0.4, 0.5) is 0 Å². The van der Waals surface area contributed by atoms with Crippen LogP contribution in [0.3, 0.4) is 0 Å². The smallest absolute Gasteiger partial charge is 0.0311 e.